The quantitative estimate of drug-likeness (QED) is 0.660. The number of halogens is 2. The van der Waals surface area contributed by atoms with E-state index in [4.69, 9.17) is 9.84 Å². The molecule has 0 amide bonds. The van der Waals surface area contributed by atoms with Crippen LogP contribution in [-0.2, 0) is 11.2 Å². The maximum absolute atomic E-state index is 14.3. The van der Waals surface area contributed by atoms with Crippen LogP contribution in [0.1, 0.15) is 44.2 Å². The fourth-order valence-electron chi connectivity index (χ4n) is 3.51. The molecule has 1 heterocycles. The van der Waals surface area contributed by atoms with Crippen LogP contribution in [0.3, 0.4) is 0 Å². The first-order chi connectivity index (χ1) is 13.0. The molecule has 0 atom stereocenters. The highest BCUT2D eigenvalue weighted by atomic mass is 19.1. The number of aliphatic carboxylic acids is 1. The van der Waals surface area contributed by atoms with Crippen LogP contribution in [0.2, 0.25) is 0 Å². The first-order valence-corrected chi connectivity index (χ1v) is 9.33. The van der Waals surface area contributed by atoms with Crippen molar-refractivity contribution in [3.63, 3.8) is 0 Å². The van der Waals surface area contributed by atoms with Crippen LogP contribution in [0.15, 0.2) is 30.3 Å². The molecule has 0 radical (unpaired) electrons. The van der Waals surface area contributed by atoms with E-state index in [2.05, 4.69) is 4.98 Å². The van der Waals surface area contributed by atoms with Gasteiger partial charge in [0.1, 0.15) is 0 Å². The predicted octanol–water partition coefficient (Wildman–Crippen LogP) is 5.00. The minimum atomic E-state index is -0.974. The molecule has 1 saturated carbocycles. The molecule has 0 saturated heterocycles. The Morgan fingerprint density at radius 3 is 2.56 bits per heavy atom. The molecule has 4 nitrogen and oxygen atoms in total. The summed E-state index contributed by atoms with van der Waals surface area (Å²) in [6, 6.07) is 7.96. The fraction of sp³-hybridized carbons (Fsp3) is 0.429. The van der Waals surface area contributed by atoms with E-state index in [1.807, 2.05) is 12.1 Å². The van der Waals surface area contributed by atoms with E-state index in [0.717, 1.165) is 12.1 Å². The van der Waals surface area contributed by atoms with E-state index < -0.39 is 23.4 Å². The summed E-state index contributed by atoms with van der Waals surface area (Å²) >= 11 is 0. The van der Waals surface area contributed by atoms with Gasteiger partial charge in [-0.2, -0.15) is 0 Å². The lowest BCUT2D eigenvalue weighted by Gasteiger charge is -2.12. The maximum atomic E-state index is 14.3. The van der Waals surface area contributed by atoms with Crippen molar-refractivity contribution in [3.05, 3.63) is 47.7 Å². The van der Waals surface area contributed by atoms with E-state index in [0.29, 0.717) is 17.2 Å². The zero-order chi connectivity index (χ0) is 19.2. The van der Waals surface area contributed by atoms with Crippen molar-refractivity contribution in [1.29, 1.82) is 0 Å². The molecule has 2 aromatic rings. The molecule has 27 heavy (non-hydrogen) atoms. The van der Waals surface area contributed by atoms with Gasteiger partial charge < -0.3 is 9.84 Å². The van der Waals surface area contributed by atoms with Gasteiger partial charge in [-0.3, -0.25) is 9.78 Å². The van der Waals surface area contributed by atoms with Gasteiger partial charge in [-0.1, -0.05) is 31.7 Å². The van der Waals surface area contributed by atoms with Crippen molar-refractivity contribution in [2.75, 3.05) is 6.61 Å². The molecular weight excluding hydrogens is 352 g/mol. The highest BCUT2D eigenvalue weighted by Crippen LogP contribution is 2.30. The summed E-state index contributed by atoms with van der Waals surface area (Å²) < 4.78 is 33.7. The molecule has 1 aromatic heterocycles. The summed E-state index contributed by atoms with van der Waals surface area (Å²) in [6.07, 6.45) is 5.90. The van der Waals surface area contributed by atoms with Gasteiger partial charge in [0.25, 0.3) is 0 Å². The van der Waals surface area contributed by atoms with Crippen LogP contribution in [-0.4, -0.2) is 22.7 Å². The van der Waals surface area contributed by atoms with Crippen LogP contribution in [0.4, 0.5) is 8.78 Å². The van der Waals surface area contributed by atoms with E-state index in [1.165, 1.54) is 37.8 Å². The fourth-order valence-corrected chi connectivity index (χ4v) is 3.51. The van der Waals surface area contributed by atoms with Gasteiger partial charge >= 0.3 is 5.97 Å². The molecule has 0 unspecified atom stereocenters. The smallest absolute Gasteiger partial charge is 0.303 e. The molecular formula is C21H23F2NO3. The van der Waals surface area contributed by atoms with Gasteiger partial charge in [0.15, 0.2) is 17.4 Å². The van der Waals surface area contributed by atoms with E-state index in [9.17, 15) is 13.6 Å². The molecule has 144 valence electrons. The summed E-state index contributed by atoms with van der Waals surface area (Å²) in [5.41, 5.74) is 1.83. The van der Waals surface area contributed by atoms with Crippen LogP contribution >= 0.6 is 0 Å². The van der Waals surface area contributed by atoms with Crippen LogP contribution in [0.5, 0.6) is 5.75 Å². The Hall–Kier alpha value is -2.50. The maximum Gasteiger partial charge on any atom is 0.303 e. The lowest BCUT2D eigenvalue weighted by molar-refractivity contribution is -0.137. The number of carboxylic acids is 1. The molecule has 1 aliphatic carbocycles. The Labute approximate surface area is 157 Å². The third-order valence-electron chi connectivity index (χ3n) is 4.85. The minimum absolute atomic E-state index is 0.0609. The van der Waals surface area contributed by atoms with Crippen molar-refractivity contribution >= 4 is 5.97 Å². The number of hydrogen-bond acceptors (Lipinski definition) is 3. The van der Waals surface area contributed by atoms with Gasteiger partial charge in [0.2, 0.25) is 0 Å². The number of hydrogen-bond donors (Lipinski definition) is 1. The first-order valence-electron chi connectivity index (χ1n) is 9.33. The molecule has 1 fully saturated rings. The number of ether oxygens (including phenoxy) is 1. The third-order valence-corrected chi connectivity index (χ3v) is 4.85. The van der Waals surface area contributed by atoms with Crippen molar-refractivity contribution < 1.29 is 23.4 Å². The zero-order valence-corrected chi connectivity index (χ0v) is 15.1. The molecule has 6 heteroatoms. The summed E-state index contributed by atoms with van der Waals surface area (Å²) in [6.45, 7) is -0.0609. The summed E-state index contributed by atoms with van der Waals surface area (Å²) in [7, 11) is 0. The number of benzene rings is 1. The third kappa shape index (κ3) is 5.25. The van der Waals surface area contributed by atoms with Crippen molar-refractivity contribution in [1.82, 2.24) is 4.98 Å². The number of carbonyl (C=O) groups is 1. The highest BCUT2D eigenvalue weighted by Gasteiger charge is 2.17. The average Bonchev–Trinajstić information content (AvgIpc) is 3.13. The number of carboxylic acid groups (broad SMARTS) is 1. The molecule has 1 aromatic carbocycles. The van der Waals surface area contributed by atoms with Gasteiger partial charge in [-0.05, 0) is 43.0 Å². The largest absolute Gasteiger partial charge is 0.488 e. The standard InChI is InChI=1S/C21H23F2NO3/c22-17-12-15(13-18(23)21(17)27-10-4-9-20(25)26)19-8-3-7-16(24-19)11-14-5-1-2-6-14/h3,7-8,12-14H,1-2,4-6,9-11H2,(H,25,26). The Bertz CT molecular complexity index is 781. The Kier molecular flexibility index (Phi) is 6.37. The van der Waals surface area contributed by atoms with Gasteiger partial charge in [-0.25, -0.2) is 8.78 Å². The molecule has 1 aliphatic rings. The van der Waals surface area contributed by atoms with Crippen molar-refractivity contribution in [2.45, 2.75) is 44.9 Å². The molecule has 1 N–H and O–H groups in total. The topological polar surface area (TPSA) is 59.4 Å². The Morgan fingerprint density at radius 1 is 1.19 bits per heavy atom. The Morgan fingerprint density at radius 2 is 1.89 bits per heavy atom. The number of nitrogens with zero attached hydrogens (tertiary/aromatic N) is 1. The Balaban J connectivity index is 1.72. The second-order valence-corrected chi connectivity index (χ2v) is 6.98. The molecule has 0 spiro atoms. The van der Waals surface area contributed by atoms with E-state index >= 15 is 0 Å². The lowest BCUT2D eigenvalue weighted by atomic mass is 10.0. The van der Waals surface area contributed by atoms with Crippen molar-refractivity contribution in [2.24, 2.45) is 5.92 Å². The normalized spacial score (nSPS) is 14.4. The van der Waals surface area contributed by atoms with E-state index in [-0.39, 0.29) is 19.4 Å². The first kappa shape index (κ1) is 19.3. The SMILES string of the molecule is O=C(O)CCCOc1c(F)cc(-c2cccc(CC3CCCC3)n2)cc1F. The van der Waals surface area contributed by atoms with Crippen LogP contribution in [0, 0.1) is 17.6 Å². The van der Waals surface area contributed by atoms with Gasteiger partial charge in [-0.15, -0.1) is 0 Å². The summed E-state index contributed by atoms with van der Waals surface area (Å²) in [4.78, 5) is 15.0. The van der Waals surface area contributed by atoms with E-state index in [1.54, 1.807) is 6.07 Å². The second-order valence-electron chi connectivity index (χ2n) is 6.98. The average molecular weight is 375 g/mol. The van der Waals surface area contributed by atoms with Crippen LogP contribution in [0.25, 0.3) is 11.3 Å². The van der Waals surface area contributed by atoms with Crippen LogP contribution < -0.4 is 4.74 Å². The summed E-state index contributed by atoms with van der Waals surface area (Å²) in [5, 5.41) is 8.58. The lowest BCUT2D eigenvalue weighted by Crippen LogP contribution is -2.05. The van der Waals surface area contributed by atoms with Gasteiger partial charge in [0.05, 0.1) is 12.3 Å². The molecule has 0 aliphatic heterocycles. The second kappa shape index (κ2) is 8.93. The monoisotopic (exact) mass is 375 g/mol. The number of pyridine rings is 1. The molecule has 3 rings (SSSR count). The number of rotatable bonds is 8. The highest BCUT2D eigenvalue weighted by molar-refractivity contribution is 5.66. The van der Waals surface area contributed by atoms with Gasteiger partial charge in [0, 0.05) is 17.7 Å². The summed E-state index contributed by atoms with van der Waals surface area (Å²) in [5.74, 6) is -2.45. The minimum Gasteiger partial charge on any atom is -0.488 e. The zero-order valence-electron chi connectivity index (χ0n) is 15.1. The van der Waals surface area contributed by atoms with Crippen molar-refractivity contribution in [3.8, 4) is 17.0 Å². The molecule has 0 bridgehead atoms. The number of aromatic nitrogens is 1. The predicted molar refractivity (Wildman–Crippen MR) is 97.6 cm³/mol.